The molecule has 1 fully saturated rings. The molecular formula is C19H27N3O2. The Morgan fingerprint density at radius 3 is 3.08 bits per heavy atom. The fourth-order valence-corrected chi connectivity index (χ4v) is 3.41. The maximum atomic E-state index is 10.4. The second-order valence-electron chi connectivity index (χ2n) is 6.62. The van der Waals surface area contributed by atoms with E-state index in [0.29, 0.717) is 19.1 Å². The lowest BCUT2D eigenvalue weighted by Crippen LogP contribution is -2.43. The van der Waals surface area contributed by atoms with Crippen LogP contribution in [0.3, 0.4) is 0 Å². The highest BCUT2D eigenvalue weighted by atomic mass is 16.5. The number of rotatable bonds is 6. The van der Waals surface area contributed by atoms with Crippen molar-refractivity contribution in [3.05, 3.63) is 30.5 Å². The molecule has 5 nitrogen and oxygen atoms in total. The first kappa shape index (κ1) is 17.0. The molecule has 0 spiro atoms. The second-order valence-corrected chi connectivity index (χ2v) is 6.62. The van der Waals surface area contributed by atoms with E-state index in [9.17, 15) is 5.11 Å². The van der Waals surface area contributed by atoms with Crippen molar-refractivity contribution in [3.63, 3.8) is 0 Å². The molecule has 0 saturated carbocycles. The van der Waals surface area contributed by atoms with Gasteiger partial charge in [0.15, 0.2) is 0 Å². The van der Waals surface area contributed by atoms with Gasteiger partial charge in [0.1, 0.15) is 5.75 Å². The summed E-state index contributed by atoms with van der Waals surface area (Å²) in [6, 6.07) is 8.40. The van der Waals surface area contributed by atoms with E-state index in [0.717, 1.165) is 28.9 Å². The van der Waals surface area contributed by atoms with Crippen LogP contribution in [0.4, 0.5) is 5.69 Å². The first-order chi connectivity index (χ1) is 11.7. The van der Waals surface area contributed by atoms with Crippen molar-refractivity contribution < 1.29 is 9.84 Å². The molecule has 2 atom stereocenters. The Morgan fingerprint density at radius 1 is 1.42 bits per heavy atom. The summed E-state index contributed by atoms with van der Waals surface area (Å²) in [6.07, 6.45) is 5.13. The third-order valence-corrected chi connectivity index (χ3v) is 4.83. The minimum atomic E-state index is -0.407. The number of pyridine rings is 1. The number of nitrogens with zero attached hydrogens (tertiary/aromatic N) is 2. The summed E-state index contributed by atoms with van der Waals surface area (Å²) < 4.78 is 5.37. The number of hydrogen-bond donors (Lipinski definition) is 2. The van der Waals surface area contributed by atoms with E-state index in [1.54, 1.807) is 13.3 Å². The number of likely N-dealkylation sites (tertiary alicyclic amines) is 1. The third-order valence-electron chi connectivity index (χ3n) is 4.83. The Kier molecular flexibility index (Phi) is 5.53. The fraction of sp³-hybridized carbons (Fsp3) is 0.526. The number of β-amino-alcohol motifs (C(OH)–C–C–N with tert-alkyl or cyclic N) is 1. The van der Waals surface area contributed by atoms with Crippen LogP contribution in [0.15, 0.2) is 30.5 Å². The quantitative estimate of drug-likeness (QED) is 0.853. The van der Waals surface area contributed by atoms with Gasteiger partial charge in [-0.3, -0.25) is 9.88 Å². The predicted molar refractivity (Wildman–Crippen MR) is 97.7 cm³/mol. The van der Waals surface area contributed by atoms with E-state index in [1.807, 2.05) is 24.3 Å². The number of piperidine rings is 1. The summed E-state index contributed by atoms with van der Waals surface area (Å²) in [5, 5.41) is 14.8. The average Bonchev–Trinajstić information content (AvgIpc) is 2.61. The van der Waals surface area contributed by atoms with Crippen LogP contribution in [-0.2, 0) is 0 Å². The lowest BCUT2D eigenvalue weighted by atomic mass is 10.0. The van der Waals surface area contributed by atoms with Crippen LogP contribution in [0.1, 0.15) is 26.2 Å². The Bertz CT molecular complexity index is 677. The highest BCUT2D eigenvalue weighted by Crippen LogP contribution is 2.27. The van der Waals surface area contributed by atoms with Gasteiger partial charge in [0.05, 0.1) is 24.4 Å². The number of aliphatic hydroxyl groups excluding tert-OH is 1. The molecule has 0 aliphatic carbocycles. The SMILES string of the molecule is COc1cc(NC[C@@H](O)CN2CCCC[C@@H]2C)c2ncccc2c1. The molecule has 1 aromatic heterocycles. The van der Waals surface area contributed by atoms with Gasteiger partial charge in [-0.1, -0.05) is 12.5 Å². The van der Waals surface area contributed by atoms with Crippen LogP contribution in [0, 0.1) is 0 Å². The molecule has 0 amide bonds. The van der Waals surface area contributed by atoms with E-state index in [1.165, 1.54) is 19.3 Å². The van der Waals surface area contributed by atoms with Gasteiger partial charge < -0.3 is 15.2 Å². The highest BCUT2D eigenvalue weighted by molar-refractivity contribution is 5.91. The minimum absolute atomic E-state index is 0.407. The highest BCUT2D eigenvalue weighted by Gasteiger charge is 2.20. The Hall–Kier alpha value is -1.85. The smallest absolute Gasteiger partial charge is 0.121 e. The van der Waals surface area contributed by atoms with Crippen LogP contribution in [-0.4, -0.2) is 53.9 Å². The fourth-order valence-electron chi connectivity index (χ4n) is 3.41. The summed E-state index contributed by atoms with van der Waals surface area (Å²) in [4.78, 5) is 6.84. The number of fused-ring (bicyclic) bond motifs is 1. The average molecular weight is 329 g/mol. The number of nitrogens with one attached hydrogen (secondary N) is 1. The van der Waals surface area contributed by atoms with Crippen LogP contribution in [0.5, 0.6) is 5.75 Å². The van der Waals surface area contributed by atoms with Crippen molar-refractivity contribution in [2.45, 2.75) is 38.3 Å². The van der Waals surface area contributed by atoms with Crippen molar-refractivity contribution in [1.29, 1.82) is 0 Å². The first-order valence-corrected chi connectivity index (χ1v) is 8.76. The Labute approximate surface area is 143 Å². The molecule has 1 aliphatic rings. The number of benzene rings is 1. The summed E-state index contributed by atoms with van der Waals surface area (Å²) >= 11 is 0. The number of hydrogen-bond acceptors (Lipinski definition) is 5. The first-order valence-electron chi connectivity index (χ1n) is 8.76. The molecule has 2 heterocycles. The topological polar surface area (TPSA) is 57.6 Å². The van der Waals surface area contributed by atoms with E-state index in [2.05, 4.69) is 22.1 Å². The van der Waals surface area contributed by atoms with E-state index >= 15 is 0 Å². The molecule has 2 N–H and O–H groups in total. The number of aromatic nitrogens is 1. The van der Waals surface area contributed by atoms with Gasteiger partial charge >= 0.3 is 0 Å². The lowest BCUT2D eigenvalue weighted by Gasteiger charge is -2.34. The van der Waals surface area contributed by atoms with E-state index in [4.69, 9.17) is 4.74 Å². The molecule has 1 aliphatic heterocycles. The Balaban J connectivity index is 1.66. The van der Waals surface area contributed by atoms with Crippen molar-refractivity contribution in [2.24, 2.45) is 0 Å². The summed E-state index contributed by atoms with van der Waals surface area (Å²) in [5.41, 5.74) is 1.80. The van der Waals surface area contributed by atoms with Gasteiger partial charge in [0.2, 0.25) is 0 Å². The standard InChI is InChI=1S/C19H27N3O2/c1-14-6-3-4-9-22(14)13-16(23)12-21-18-11-17(24-2)10-15-7-5-8-20-19(15)18/h5,7-8,10-11,14,16,21,23H,3-4,6,9,12-13H2,1-2H3/t14-,16+/m0/s1. The maximum absolute atomic E-state index is 10.4. The van der Waals surface area contributed by atoms with Gasteiger partial charge in [0, 0.05) is 36.8 Å². The maximum Gasteiger partial charge on any atom is 0.121 e. The van der Waals surface area contributed by atoms with Gasteiger partial charge in [-0.05, 0) is 38.4 Å². The monoisotopic (exact) mass is 329 g/mol. The molecular weight excluding hydrogens is 302 g/mol. The van der Waals surface area contributed by atoms with Crippen LogP contribution < -0.4 is 10.1 Å². The number of aliphatic hydroxyl groups is 1. The Morgan fingerprint density at radius 2 is 2.29 bits per heavy atom. The van der Waals surface area contributed by atoms with E-state index < -0.39 is 6.10 Å². The van der Waals surface area contributed by atoms with Crippen molar-refractivity contribution in [1.82, 2.24) is 9.88 Å². The largest absolute Gasteiger partial charge is 0.497 e. The van der Waals surface area contributed by atoms with Crippen LogP contribution in [0.2, 0.25) is 0 Å². The molecule has 24 heavy (non-hydrogen) atoms. The molecule has 0 unspecified atom stereocenters. The van der Waals surface area contributed by atoms with Crippen molar-refractivity contribution in [3.8, 4) is 5.75 Å². The van der Waals surface area contributed by atoms with Gasteiger partial charge in [-0.2, -0.15) is 0 Å². The van der Waals surface area contributed by atoms with Crippen LogP contribution >= 0.6 is 0 Å². The molecule has 130 valence electrons. The number of anilines is 1. The predicted octanol–water partition coefficient (Wildman–Crippen LogP) is 2.89. The summed E-state index contributed by atoms with van der Waals surface area (Å²) in [6.45, 7) is 4.55. The normalized spacial score (nSPS) is 20.0. The third kappa shape index (κ3) is 3.97. The van der Waals surface area contributed by atoms with Crippen molar-refractivity contribution in [2.75, 3.05) is 32.1 Å². The summed E-state index contributed by atoms with van der Waals surface area (Å²) in [5.74, 6) is 0.789. The van der Waals surface area contributed by atoms with E-state index in [-0.39, 0.29) is 0 Å². The molecule has 0 radical (unpaired) electrons. The molecule has 1 saturated heterocycles. The molecule has 3 rings (SSSR count). The van der Waals surface area contributed by atoms with Crippen molar-refractivity contribution >= 4 is 16.6 Å². The van der Waals surface area contributed by atoms with Gasteiger partial charge in [-0.25, -0.2) is 0 Å². The summed E-state index contributed by atoms with van der Waals surface area (Å²) in [7, 11) is 1.66. The van der Waals surface area contributed by atoms with Gasteiger partial charge in [0.25, 0.3) is 0 Å². The minimum Gasteiger partial charge on any atom is -0.497 e. The molecule has 1 aromatic carbocycles. The second kappa shape index (κ2) is 7.81. The molecule has 5 heteroatoms. The lowest BCUT2D eigenvalue weighted by molar-refractivity contribution is 0.0801. The number of ether oxygens (including phenoxy) is 1. The molecule has 0 bridgehead atoms. The zero-order chi connectivity index (χ0) is 16.9. The molecule has 2 aromatic rings. The van der Waals surface area contributed by atoms with Gasteiger partial charge in [-0.15, -0.1) is 0 Å². The zero-order valence-electron chi connectivity index (χ0n) is 14.5. The number of methoxy groups -OCH3 is 1. The zero-order valence-corrected chi connectivity index (χ0v) is 14.5. The van der Waals surface area contributed by atoms with Crippen LogP contribution in [0.25, 0.3) is 10.9 Å².